The molecule has 1 heterocycles. The Kier molecular flexibility index (Phi) is 7.15. The van der Waals surface area contributed by atoms with E-state index in [2.05, 4.69) is 34.5 Å². The molecule has 2 aromatic carbocycles. The maximum atomic E-state index is 12.4. The van der Waals surface area contributed by atoms with Crippen LogP contribution in [0.4, 0.5) is 0 Å². The first-order valence-electron chi connectivity index (χ1n) is 9.50. The Morgan fingerprint density at radius 2 is 1.77 bits per heavy atom. The predicted octanol–water partition coefficient (Wildman–Crippen LogP) is 4.47. The quantitative estimate of drug-likeness (QED) is 0.732. The van der Waals surface area contributed by atoms with Crippen molar-refractivity contribution >= 4 is 17.7 Å². The summed E-state index contributed by atoms with van der Waals surface area (Å²) >= 11 is 1.59. The molecule has 1 atom stereocenters. The molecule has 3 nitrogen and oxygen atoms in total. The van der Waals surface area contributed by atoms with E-state index in [1.54, 1.807) is 11.8 Å². The molecule has 1 aliphatic rings. The Balaban J connectivity index is 1.49. The minimum absolute atomic E-state index is 0.0836. The van der Waals surface area contributed by atoms with E-state index >= 15 is 0 Å². The Morgan fingerprint density at radius 1 is 1.04 bits per heavy atom. The van der Waals surface area contributed by atoms with Crippen molar-refractivity contribution in [1.82, 2.24) is 10.2 Å². The normalized spacial score (nSPS) is 16.2. The molecule has 0 unspecified atom stereocenters. The molecule has 0 aliphatic carbocycles. The Bertz CT molecular complexity index is 698. The number of carbonyl (C=O) groups excluding carboxylic acids is 1. The van der Waals surface area contributed by atoms with E-state index in [1.165, 1.54) is 43.5 Å². The van der Waals surface area contributed by atoms with Crippen LogP contribution in [0.1, 0.15) is 37.3 Å². The van der Waals surface area contributed by atoms with E-state index in [1.807, 2.05) is 37.3 Å². The summed E-state index contributed by atoms with van der Waals surface area (Å²) in [5.41, 5.74) is 2.51. The van der Waals surface area contributed by atoms with Crippen LogP contribution in [0, 0.1) is 0 Å². The van der Waals surface area contributed by atoms with E-state index in [-0.39, 0.29) is 11.2 Å². The number of likely N-dealkylation sites (tertiary alicyclic amines) is 1. The van der Waals surface area contributed by atoms with Gasteiger partial charge < -0.3 is 5.32 Å². The van der Waals surface area contributed by atoms with E-state index in [4.69, 9.17) is 0 Å². The van der Waals surface area contributed by atoms with E-state index in [0.29, 0.717) is 6.54 Å². The van der Waals surface area contributed by atoms with Gasteiger partial charge in [0.2, 0.25) is 5.91 Å². The van der Waals surface area contributed by atoms with Gasteiger partial charge in [-0.15, -0.1) is 11.8 Å². The van der Waals surface area contributed by atoms with Gasteiger partial charge in [0.25, 0.3) is 0 Å². The summed E-state index contributed by atoms with van der Waals surface area (Å²) in [6.07, 6.45) is 3.99. The van der Waals surface area contributed by atoms with Gasteiger partial charge in [0.15, 0.2) is 0 Å². The fraction of sp³-hybridized carbons (Fsp3) is 0.409. The molecule has 0 bridgehead atoms. The zero-order valence-corrected chi connectivity index (χ0v) is 16.3. The summed E-state index contributed by atoms with van der Waals surface area (Å²) in [7, 11) is 0. The van der Waals surface area contributed by atoms with Crippen LogP contribution < -0.4 is 5.32 Å². The van der Waals surface area contributed by atoms with Crippen molar-refractivity contribution in [2.75, 3.05) is 13.1 Å². The number of amides is 1. The summed E-state index contributed by atoms with van der Waals surface area (Å²) in [6.45, 7) is 5.97. The second-order valence-corrected chi connectivity index (χ2v) is 8.36. The van der Waals surface area contributed by atoms with Crippen molar-refractivity contribution < 1.29 is 4.79 Å². The smallest absolute Gasteiger partial charge is 0.233 e. The lowest BCUT2D eigenvalue weighted by Gasteiger charge is -2.26. The molecule has 0 radical (unpaired) electrons. The molecule has 1 aliphatic heterocycles. The van der Waals surface area contributed by atoms with Gasteiger partial charge in [0, 0.05) is 18.0 Å². The molecule has 0 aromatic heterocycles. The van der Waals surface area contributed by atoms with Gasteiger partial charge in [-0.2, -0.15) is 0 Å². The first kappa shape index (κ1) is 19.0. The topological polar surface area (TPSA) is 32.3 Å². The van der Waals surface area contributed by atoms with E-state index < -0.39 is 0 Å². The molecule has 0 spiro atoms. The lowest BCUT2D eigenvalue weighted by molar-refractivity contribution is -0.120. The number of nitrogens with one attached hydrogen (secondary N) is 1. The SMILES string of the molecule is C[C@H](Sc1ccccc1)C(=O)NCc1cccc(CN2CCCCC2)c1. The van der Waals surface area contributed by atoms with Crippen molar-refractivity contribution in [2.24, 2.45) is 0 Å². The number of benzene rings is 2. The highest BCUT2D eigenvalue weighted by atomic mass is 32.2. The Morgan fingerprint density at radius 3 is 2.54 bits per heavy atom. The third-order valence-electron chi connectivity index (χ3n) is 4.74. The van der Waals surface area contributed by atoms with E-state index in [9.17, 15) is 4.79 Å². The molecule has 3 rings (SSSR count). The zero-order valence-electron chi connectivity index (χ0n) is 15.5. The zero-order chi connectivity index (χ0) is 18.2. The predicted molar refractivity (Wildman–Crippen MR) is 109 cm³/mol. The fourth-order valence-electron chi connectivity index (χ4n) is 3.30. The van der Waals surface area contributed by atoms with Gasteiger partial charge in [-0.25, -0.2) is 0 Å². The lowest BCUT2D eigenvalue weighted by atomic mass is 10.1. The van der Waals surface area contributed by atoms with Gasteiger partial charge >= 0.3 is 0 Å². The summed E-state index contributed by atoms with van der Waals surface area (Å²) in [5, 5.41) is 2.97. The summed E-state index contributed by atoms with van der Waals surface area (Å²) in [5.74, 6) is 0.0836. The second kappa shape index (κ2) is 9.79. The first-order valence-corrected chi connectivity index (χ1v) is 10.4. The molecule has 1 N–H and O–H groups in total. The van der Waals surface area contributed by atoms with Crippen LogP contribution in [0.3, 0.4) is 0 Å². The first-order chi connectivity index (χ1) is 12.7. The summed E-state index contributed by atoms with van der Waals surface area (Å²) in [6, 6.07) is 18.7. The average molecular weight is 369 g/mol. The molecule has 138 valence electrons. The molecular formula is C22H28N2OS. The monoisotopic (exact) mass is 368 g/mol. The number of hydrogen-bond acceptors (Lipinski definition) is 3. The lowest BCUT2D eigenvalue weighted by Crippen LogP contribution is -2.30. The van der Waals surface area contributed by atoms with Crippen LogP contribution in [0.25, 0.3) is 0 Å². The maximum absolute atomic E-state index is 12.4. The van der Waals surface area contributed by atoms with Crippen LogP contribution in [0.5, 0.6) is 0 Å². The Labute approximate surface area is 161 Å². The largest absolute Gasteiger partial charge is 0.351 e. The molecule has 1 fully saturated rings. The average Bonchev–Trinajstić information content (AvgIpc) is 2.68. The highest BCUT2D eigenvalue weighted by Crippen LogP contribution is 2.22. The van der Waals surface area contributed by atoms with Crippen LogP contribution in [0.2, 0.25) is 0 Å². The Hall–Kier alpha value is -1.78. The van der Waals surface area contributed by atoms with Crippen molar-refractivity contribution in [3.8, 4) is 0 Å². The fourth-order valence-corrected chi connectivity index (χ4v) is 4.22. The molecule has 2 aromatic rings. The van der Waals surface area contributed by atoms with Crippen molar-refractivity contribution in [2.45, 2.75) is 49.4 Å². The number of nitrogens with zero attached hydrogens (tertiary/aromatic N) is 1. The van der Waals surface area contributed by atoms with Gasteiger partial charge in [-0.05, 0) is 56.1 Å². The number of piperidine rings is 1. The third-order valence-corrected chi connectivity index (χ3v) is 5.85. The highest BCUT2D eigenvalue weighted by Gasteiger charge is 2.14. The highest BCUT2D eigenvalue weighted by molar-refractivity contribution is 8.00. The standard InChI is InChI=1S/C22H28N2OS/c1-18(26-21-11-4-2-5-12-21)22(25)23-16-19-9-8-10-20(15-19)17-24-13-6-3-7-14-24/h2,4-5,8-12,15,18H,3,6-7,13-14,16-17H2,1H3,(H,23,25)/t18-/m0/s1. The van der Waals surface area contributed by atoms with Gasteiger partial charge in [-0.1, -0.05) is 48.9 Å². The molecular weight excluding hydrogens is 340 g/mol. The van der Waals surface area contributed by atoms with Gasteiger partial charge in [-0.3, -0.25) is 9.69 Å². The number of rotatable bonds is 7. The number of hydrogen-bond donors (Lipinski definition) is 1. The number of carbonyl (C=O) groups is 1. The number of thioether (sulfide) groups is 1. The van der Waals surface area contributed by atoms with Crippen molar-refractivity contribution in [3.63, 3.8) is 0 Å². The van der Waals surface area contributed by atoms with Gasteiger partial charge in [0.1, 0.15) is 0 Å². The summed E-state index contributed by atoms with van der Waals surface area (Å²) in [4.78, 5) is 16.0. The second-order valence-electron chi connectivity index (χ2n) is 6.95. The van der Waals surface area contributed by atoms with Gasteiger partial charge in [0.05, 0.1) is 5.25 Å². The minimum atomic E-state index is -0.103. The van der Waals surface area contributed by atoms with Crippen LogP contribution in [-0.2, 0) is 17.9 Å². The van der Waals surface area contributed by atoms with Crippen LogP contribution >= 0.6 is 11.8 Å². The minimum Gasteiger partial charge on any atom is -0.351 e. The van der Waals surface area contributed by atoms with Crippen LogP contribution in [0.15, 0.2) is 59.5 Å². The van der Waals surface area contributed by atoms with Crippen LogP contribution in [-0.4, -0.2) is 29.1 Å². The van der Waals surface area contributed by atoms with Crippen molar-refractivity contribution in [3.05, 3.63) is 65.7 Å². The molecule has 4 heteroatoms. The summed E-state index contributed by atoms with van der Waals surface area (Å²) < 4.78 is 0. The van der Waals surface area contributed by atoms with E-state index in [0.717, 1.165) is 11.4 Å². The maximum Gasteiger partial charge on any atom is 0.233 e. The molecule has 1 amide bonds. The molecule has 0 saturated carbocycles. The van der Waals surface area contributed by atoms with Crippen molar-refractivity contribution in [1.29, 1.82) is 0 Å². The molecule has 1 saturated heterocycles. The molecule has 26 heavy (non-hydrogen) atoms. The third kappa shape index (κ3) is 5.89.